The van der Waals surface area contributed by atoms with Crippen LogP contribution >= 0.6 is 0 Å². The minimum atomic E-state index is 0.393. The lowest BCUT2D eigenvalue weighted by molar-refractivity contribution is 0.625. The molecule has 2 nitrogen and oxygen atoms in total. The van der Waals surface area contributed by atoms with Crippen LogP contribution in [-0.2, 0) is 0 Å². The van der Waals surface area contributed by atoms with E-state index < -0.39 is 0 Å². The van der Waals surface area contributed by atoms with Crippen molar-refractivity contribution in [2.24, 2.45) is 0 Å². The lowest BCUT2D eigenvalue weighted by Gasteiger charge is -2.08. The molecule has 18 heavy (non-hydrogen) atoms. The molecule has 1 unspecified atom stereocenters. The van der Waals surface area contributed by atoms with Gasteiger partial charge in [-0.05, 0) is 26.0 Å². The van der Waals surface area contributed by atoms with E-state index in [1.54, 1.807) is 0 Å². The van der Waals surface area contributed by atoms with Gasteiger partial charge in [-0.3, -0.25) is 4.98 Å². The molecule has 0 spiro atoms. The lowest BCUT2D eigenvalue weighted by Crippen LogP contribution is -2.24. The number of benzene rings is 1. The van der Waals surface area contributed by atoms with Crippen LogP contribution in [0.2, 0.25) is 0 Å². The van der Waals surface area contributed by atoms with Crippen LogP contribution in [0, 0.1) is 0 Å². The summed E-state index contributed by atoms with van der Waals surface area (Å²) >= 11 is 0. The highest BCUT2D eigenvalue weighted by Gasteiger charge is 1.99. The van der Waals surface area contributed by atoms with Gasteiger partial charge in [-0.15, -0.1) is 0 Å². The number of rotatable bonds is 5. The number of hydrogen-bond donors (Lipinski definition) is 1. The van der Waals surface area contributed by atoms with Gasteiger partial charge in [-0.2, -0.15) is 0 Å². The van der Waals surface area contributed by atoms with Crippen LogP contribution < -0.4 is 5.32 Å². The Kier molecular flexibility index (Phi) is 4.48. The Hall–Kier alpha value is -1.67. The molecule has 1 aromatic carbocycles. The molecule has 0 aliphatic heterocycles. The Labute approximate surface area is 109 Å². The molecule has 0 radical (unpaired) electrons. The van der Waals surface area contributed by atoms with Gasteiger partial charge in [0.1, 0.15) is 0 Å². The maximum absolute atomic E-state index is 4.45. The van der Waals surface area contributed by atoms with Crippen LogP contribution in [0.5, 0.6) is 0 Å². The molecule has 1 aromatic heterocycles. The third-order valence-corrected chi connectivity index (χ3v) is 2.94. The molecule has 2 aromatic rings. The van der Waals surface area contributed by atoms with E-state index in [0.29, 0.717) is 6.04 Å². The molecule has 2 rings (SSSR count). The van der Waals surface area contributed by atoms with Crippen molar-refractivity contribution in [2.45, 2.75) is 26.3 Å². The zero-order valence-corrected chi connectivity index (χ0v) is 11.1. The third-order valence-electron chi connectivity index (χ3n) is 2.94. The van der Waals surface area contributed by atoms with Crippen molar-refractivity contribution in [1.82, 2.24) is 10.3 Å². The summed E-state index contributed by atoms with van der Waals surface area (Å²) in [4.78, 5) is 4.45. The molecule has 0 aliphatic carbocycles. The number of nitrogens with one attached hydrogen (secondary N) is 1. The second-order valence-electron chi connectivity index (χ2n) is 4.52. The molecule has 1 atom stereocenters. The largest absolute Gasteiger partial charge is 0.311 e. The second kappa shape index (κ2) is 6.31. The van der Waals surface area contributed by atoms with Gasteiger partial charge in [0.05, 0.1) is 5.52 Å². The fraction of sp³-hybridized carbons (Fsp3) is 0.312. The van der Waals surface area contributed by atoms with Gasteiger partial charge in [0.25, 0.3) is 0 Å². The van der Waals surface area contributed by atoms with Crippen molar-refractivity contribution in [2.75, 3.05) is 6.54 Å². The molecule has 0 fully saturated rings. The zero-order chi connectivity index (χ0) is 12.8. The normalized spacial score (nSPS) is 13.2. The highest BCUT2D eigenvalue weighted by atomic mass is 14.9. The van der Waals surface area contributed by atoms with Gasteiger partial charge in [-0.1, -0.05) is 43.3 Å². The van der Waals surface area contributed by atoms with Crippen LogP contribution in [0.25, 0.3) is 17.0 Å². The summed E-state index contributed by atoms with van der Waals surface area (Å²) in [5.41, 5.74) is 2.25. The first-order valence-electron chi connectivity index (χ1n) is 6.56. The first-order valence-corrected chi connectivity index (χ1v) is 6.56. The van der Waals surface area contributed by atoms with E-state index in [9.17, 15) is 0 Å². The number of aromatic nitrogens is 1. The van der Waals surface area contributed by atoms with Crippen molar-refractivity contribution in [3.63, 3.8) is 0 Å². The zero-order valence-electron chi connectivity index (χ0n) is 11.1. The lowest BCUT2D eigenvalue weighted by atomic mass is 10.1. The Morgan fingerprint density at radius 1 is 1.28 bits per heavy atom. The van der Waals surface area contributed by atoms with Gasteiger partial charge >= 0.3 is 0 Å². The SMILES string of the molecule is CCCNC(C)/C=C/c1cccc2cccnc12. The van der Waals surface area contributed by atoms with Crippen LogP contribution in [0.15, 0.2) is 42.6 Å². The third kappa shape index (κ3) is 3.17. The topological polar surface area (TPSA) is 24.9 Å². The van der Waals surface area contributed by atoms with Crippen LogP contribution in [0.1, 0.15) is 25.8 Å². The summed E-state index contributed by atoms with van der Waals surface area (Å²) < 4.78 is 0. The molecule has 94 valence electrons. The Morgan fingerprint density at radius 2 is 2.11 bits per heavy atom. The van der Waals surface area contributed by atoms with Gasteiger partial charge < -0.3 is 5.32 Å². The first-order chi connectivity index (χ1) is 8.81. The maximum Gasteiger partial charge on any atom is 0.0774 e. The predicted molar refractivity (Wildman–Crippen MR) is 78.5 cm³/mol. The number of pyridine rings is 1. The maximum atomic E-state index is 4.45. The molecule has 0 aliphatic rings. The van der Waals surface area contributed by atoms with Gasteiger partial charge in [0.15, 0.2) is 0 Å². The monoisotopic (exact) mass is 240 g/mol. The van der Waals surface area contributed by atoms with Crippen molar-refractivity contribution in [3.05, 3.63) is 48.2 Å². The average molecular weight is 240 g/mol. The van der Waals surface area contributed by atoms with Gasteiger partial charge in [-0.25, -0.2) is 0 Å². The van der Waals surface area contributed by atoms with Crippen LogP contribution in [0.4, 0.5) is 0 Å². The van der Waals surface area contributed by atoms with E-state index in [1.807, 2.05) is 12.3 Å². The molecule has 1 heterocycles. The summed E-state index contributed by atoms with van der Waals surface area (Å²) in [6.07, 6.45) is 7.36. The quantitative estimate of drug-likeness (QED) is 0.863. The highest BCUT2D eigenvalue weighted by molar-refractivity contribution is 5.86. The van der Waals surface area contributed by atoms with Crippen molar-refractivity contribution in [1.29, 1.82) is 0 Å². The number of nitrogens with zero attached hydrogens (tertiary/aromatic N) is 1. The Balaban J connectivity index is 2.18. The summed E-state index contributed by atoms with van der Waals surface area (Å²) in [7, 11) is 0. The Morgan fingerprint density at radius 3 is 2.94 bits per heavy atom. The van der Waals surface area contributed by atoms with E-state index in [0.717, 1.165) is 18.5 Å². The summed E-state index contributed by atoms with van der Waals surface area (Å²) in [5.74, 6) is 0. The van der Waals surface area contributed by atoms with E-state index >= 15 is 0 Å². The fourth-order valence-electron chi connectivity index (χ4n) is 1.95. The van der Waals surface area contributed by atoms with E-state index in [2.05, 4.69) is 60.6 Å². The second-order valence-corrected chi connectivity index (χ2v) is 4.52. The minimum Gasteiger partial charge on any atom is -0.311 e. The van der Waals surface area contributed by atoms with Crippen molar-refractivity contribution < 1.29 is 0 Å². The van der Waals surface area contributed by atoms with E-state index in [1.165, 1.54) is 10.9 Å². The molecule has 0 saturated carbocycles. The number of fused-ring (bicyclic) bond motifs is 1. The molecule has 0 amide bonds. The average Bonchev–Trinajstić information content (AvgIpc) is 2.42. The van der Waals surface area contributed by atoms with Crippen LogP contribution in [-0.4, -0.2) is 17.6 Å². The fourth-order valence-corrected chi connectivity index (χ4v) is 1.95. The van der Waals surface area contributed by atoms with E-state index in [-0.39, 0.29) is 0 Å². The molecule has 0 saturated heterocycles. The standard InChI is InChI=1S/C16H20N2/c1-3-11-17-13(2)9-10-15-7-4-6-14-8-5-12-18-16(14)15/h4-10,12-13,17H,3,11H2,1-2H3/b10-9+. The van der Waals surface area contributed by atoms with Crippen molar-refractivity contribution in [3.8, 4) is 0 Å². The van der Waals surface area contributed by atoms with Crippen LogP contribution in [0.3, 0.4) is 0 Å². The molecular weight excluding hydrogens is 220 g/mol. The van der Waals surface area contributed by atoms with Gasteiger partial charge in [0, 0.05) is 23.2 Å². The summed E-state index contributed by atoms with van der Waals surface area (Å²) in [5, 5.41) is 4.63. The summed E-state index contributed by atoms with van der Waals surface area (Å²) in [6.45, 7) is 5.40. The Bertz CT molecular complexity index is 526. The summed E-state index contributed by atoms with van der Waals surface area (Å²) in [6, 6.07) is 10.7. The molecular formula is C16H20N2. The van der Waals surface area contributed by atoms with Gasteiger partial charge in [0.2, 0.25) is 0 Å². The minimum absolute atomic E-state index is 0.393. The molecule has 0 bridgehead atoms. The number of hydrogen-bond acceptors (Lipinski definition) is 2. The first kappa shape index (κ1) is 12.8. The molecule has 1 N–H and O–H groups in total. The van der Waals surface area contributed by atoms with Crippen molar-refractivity contribution >= 4 is 17.0 Å². The highest BCUT2D eigenvalue weighted by Crippen LogP contribution is 2.17. The van der Waals surface area contributed by atoms with E-state index in [4.69, 9.17) is 0 Å². The number of para-hydroxylation sites is 1. The molecule has 2 heteroatoms. The smallest absolute Gasteiger partial charge is 0.0774 e. The predicted octanol–water partition coefficient (Wildman–Crippen LogP) is 3.64.